The molecule has 21 heavy (non-hydrogen) atoms. The summed E-state index contributed by atoms with van der Waals surface area (Å²) in [6, 6.07) is 7.90. The van der Waals surface area contributed by atoms with E-state index in [4.69, 9.17) is 4.74 Å². The maximum Gasteiger partial charge on any atom is 0.120 e. The molecule has 2 N–H and O–H groups in total. The molecule has 0 amide bonds. The van der Waals surface area contributed by atoms with Gasteiger partial charge in [0.1, 0.15) is 23.8 Å². The van der Waals surface area contributed by atoms with Gasteiger partial charge in [0.2, 0.25) is 0 Å². The van der Waals surface area contributed by atoms with Crippen LogP contribution in [0.15, 0.2) is 36.7 Å². The number of aromatic amines is 1. The summed E-state index contributed by atoms with van der Waals surface area (Å²) in [5.41, 5.74) is 0.420. The Balaban J connectivity index is 1.52. The van der Waals surface area contributed by atoms with E-state index in [0.717, 1.165) is 31.1 Å². The molecule has 1 aromatic carbocycles. The van der Waals surface area contributed by atoms with Crippen molar-refractivity contribution < 1.29 is 9.84 Å². The van der Waals surface area contributed by atoms with E-state index in [1.165, 1.54) is 5.56 Å². The molecule has 0 bridgehead atoms. The summed E-state index contributed by atoms with van der Waals surface area (Å²) >= 11 is 0. The first-order valence-corrected chi connectivity index (χ1v) is 7.25. The number of likely N-dealkylation sites (tertiary alicyclic amines) is 1. The lowest BCUT2D eigenvalue weighted by atomic mass is 10.1. The van der Waals surface area contributed by atoms with Crippen LogP contribution in [0.2, 0.25) is 0 Å². The summed E-state index contributed by atoms with van der Waals surface area (Å²) in [7, 11) is 0. The number of hydrogen-bond donors (Lipinski definition) is 2. The Morgan fingerprint density at radius 2 is 2.19 bits per heavy atom. The molecule has 1 saturated heterocycles. The van der Waals surface area contributed by atoms with Crippen LogP contribution in [0.5, 0.6) is 5.75 Å². The topological polar surface area (TPSA) is 61.4 Å². The highest BCUT2D eigenvalue weighted by atomic mass is 16.5. The van der Waals surface area contributed by atoms with Crippen LogP contribution in [-0.2, 0) is 6.54 Å². The van der Waals surface area contributed by atoms with E-state index in [-0.39, 0.29) is 0 Å². The third-order valence-electron chi connectivity index (χ3n) is 3.87. The third kappa shape index (κ3) is 3.62. The number of benzene rings is 1. The van der Waals surface area contributed by atoms with Crippen molar-refractivity contribution >= 4 is 0 Å². The number of H-pyrrole nitrogens is 1. The van der Waals surface area contributed by atoms with Gasteiger partial charge in [-0.3, -0.25) is 4.90 Å². The van der Waals surface area contributed by atoms with Crippen molar-refractivity contribution in [2.24, 2.45) is 0 Å². The predicted molar refractivity (Wildman–Crippen MR) is 80.1 cm³/mol. The molecule has 0 radical (unpaired) electrons. The Hall–Kier alpha value is -1.85. The van der Waals surface area contributed by atoms with E-state index in [2.05, 4.69) is 14.9 Å². The van der Waals surface area contributed by atoms with Gasteiger partial charge < -0.3 is 14.8 Å². The second kappa shape index (κ2) is 5.87. The normalized spacial score (nSPS) is 22.6. The molecule has 112 valence electrons. The highest BCUT2D eigenvalue weighted by Crippen LogP contribution is 2.24. The van der Waals surface area contributed by atoms with Crippen molar-refractivity contribution in [2.45, 2.75) is 25.5 Å². The number of nitrogens with zero attached hydrogens (tertiary/aromatic N) is 2. The van der Waals surface area contributed by atoms with E-state index >= 15 is 0 Å². The molecule has 2 aromatic rings. The Bertz CT molecular complexity index is 568. The van der Waals surface area contributed by atoms with Crippen LogP contribution in [-0.4, -0.2) is 45.3 Å². The van der Waals surface area contributed by atoms with Crippen LogP contribution < -0.4 is 4.74 Å². The summed E-state index contributed by atoms with van der Waals surface area (Å²) < 4.78 is 5.73. The van der Waals surface area contributed by atoms with Crippen LogP contribution in [0.4, 0.5) is 0 Å². The van der Waals surface area contributed by atoms with E-state index in [1.807, 2.05) is 37.4 Å². The molecule has 0 spiro atoms. The van der Waals surface area contributed by atoms with Gasteiger partial charge in [0.25, 0.3) is 0 Å². The standard InChI is InChI=1S/C16H21N3O2/c1-13-2-4-14(5-3-13)21-12-16(20)6-9-19(11-16)10-15-17-7-8-18-15/h2-5,7-8,20H,6,9-12H2,1H3,(H,17,18)/t16-/m1/s1. The van der Waals surface area contributed by atoms with Gasteiger partial charge in [0.05, 0.1) is 6.54 Å². The molecule has 2 heterocycles. The second-order valence-corrected chi connectivity index (χ2v) is 5.82. The van der Waals surface area contributed by atoms with Gasteiger partial charge in [-0.25, -0.2) is 4.98 Å². The van der Waals surface area contributed by atoms with E-state index in [1.54, 1.807) is 6.20 Å². The summed E-state index contributed by atoms with van der Waals surface area (Å²) in [6.45, 7) is 4.57. The highest BCUT2D eigenvalue weighted by Gasteiger charge is 2.37. The molecule has 5 heteroatoms. The van der Waals surface area contributed by atoms with Gasteiger partial charge in [0, 0.05) is 25.5 Å². The van der Waals surface area contributed by atoms with Crippen molar-refractivity contribution in [1.29, 1.82) is 0 Å². The molecule has 5 nitrogen and oxygen atoms in total. The molecule has 1 aliphatic rings. The van der Waals surface area contributed by atoms with Crippen LogP contribution in [0.3, 0.4) is 0 Å². The Morgan fingerprint density at radius 3 is 2.90 bits per heavy atom. The van der Waals surface area contributed by atoms with Gasteiger partial charge in [-0.05, 0) is 25.5 Å². The first kappa shape index (κ1) is 14.1. The predicted octanol–water partition coefficient (Wildman–Crippen LogP) is 1.73. The minimum atomic E-state index is -0.780. The maximum atomic E-state index is 10.6. The molecule has 3 rings (SSSR count). The zero-order valence-electron chi connectivity index (χ0n) is 12.2. The Labute approximate surface area is 124 Å². The number of aryl methyl sites for hydroxylation is 1. The number of hydrogen-bond acceptors (Lipinski definition) is 4. The molecule has 1 aromatic heterocycles. The van der Waals surface area contributed by atoms with Gasteiger partial charge in [-0.1, -0.05) is 17.7 Å². The number of imidazole rings is 1. The SMILES string of the molecule is Cc1ccc(OC[C@@]2(O)CCN(Cc3ncc[nH]3)C2)cc1. The summed E-state index contributed by atoms with van der Waals surface area (Å²) in [6.07, 6.45) is 4.29. The third-order valence-corrected chi connectivity index (χ3v) is 3.87. The minimum absolute atomic E-state index is 0.324. The van der Waals surface area contributed by atoms with Gasteiger partial charge in [0.15, 0.2) is 0 Å². The number of ether oxygens (including phenoxy) is 1. The van der Waals surface area contributed by atoms with Crippen molar-refractivity contribution in [3.8, 4) is 5.75 Å². The molecule has 0 saturated carbocycles. The smallest absolute Gasteiger partial charge is 0.120 e. The van der Waals surface area contributed by atoms with E-state index in [9.17, 15) is 5.11 Å². The first-order valence-electron chi connectivity index (χ1n) is 7.25. The lowest BCUT2D eigenvalue weighted by Gasteiger charge is -2.23. The number of β-amino-alcohol motifs (C(OH)–C–C–N with tert-alkyl or cyclic N) is 1. The van der Waals surface area contributed by atoms with Crippen LogP contribution in [0.1, 0.15) is 17.8 Å². The molecule has 1 fully saturated rings. The fourth-order valence-electron chi connectivity index (χ4n) is 2.64. The lowest BCUT2D eigenvalue weighted by Crippen LogP contribution is -2.39. The van der Waals surface area contributed by atoms with Crippen molar-refractivity contribution in [3.63, 3.8) is 0 Å². The van der Waals surface area contributed by atoms with Crippen LogP contribution >= 0.6 is 0 Å². The quantitative estimate of drug-likeness (QED) is 0.879. The van der Waals surface area contributed by atoms with E-state index < -0.39 is 5.60 Å². The van der Waals surface area contributed by atoms with Crippen molar-refractivity contribution in [1.82, 2.24) is 14.9 Å². The van der Waals surface area contributed by atoms with Crippen molar-refractivity contribution in [2.75, 3.05) is 19.7 Å². The van der Waals surface area contributed by atoms with Crippen LogP contribution in [0, 0.1) is 6.92 Å². The minimum Gasteiger partial charge on any atom is -0.491 e. The Morgan fingerprint density at radius 1 is 1.38 bits per heavy atom. The molecule has 0 unspecified atom stereocenters. The van der Waals surface area contributed by atoms with Gasteiger partial charge in [-0.15, -0.1) is 0 Å². The maximum absolute atomic E-state index is 10.6. The number of aliphatic hydroxyl groups is 1. The number of nitrogens with one attached hydrogen (secondary N) is 1. The average Bonchev–Trinajstić information content (AvgIpc) is 3.10. The number of rotatable bonds is 5. The van der Waals surface area contributed by atoms with E-state index in [0.29, 0.717) is 13.2 Å². The first-order chi connectivity index (χ1) is 10.1. The zero-order chi connectivity index (χ0) is 14.7. The monoisotopic (exact) mass is 287 g/mol. The fraction of sp³-hybridized carbons (Fsp3) is 0.438. The molecular weight excluding hydrogens is 266 g/mol. The summed E-state index contributed by atoms with van der Waals surface area (Å²) in [5.74, 6) is 1.73. The number of aromatic nitrogens is 2. The van der Waals surface area contributed by atoms with Crippen molar-refractivity contribution in [3.05, 3.63) is 48.0 Å². The molecule has 1 aliphatic heterocycles. The van der Waals surface area contributed by atoms with Gasteiger partial charge >= 0.3 is 0 Å². The molecule has 0 aliphatic carbocycles. The second-order valence-electron chi connectivity index (χ2n) is 5.82. The van der Waals surface area contributed by atoms with Gasteiger partial charge in [-0.2, -0.15) is 0 Å². The molecular formula is C16H21N3O2. The fourth-order valence-corrected chi connectivity index (χ4v) is 2.64. The Kier molecular flexibility index (Phi) is 3.94. The van der Waals surface area contributed by atoms with Crippen LogP contribution in [0.25, 0.3) is 0 Å². The highest BCUT2D eigenvalue weighted by molar-refractivity contribution is 5.26. The largest absolute Gasteiger partial charge is 0.491 e. The lowest BCUT2D eigenvalue weighted by molar-refractivity contribution is 0.00323. The summed E-state index contributed by atoms with van der Waals surface area (Å²) in [5, 5.41) is 10.6. The summed E-state index contributed by atoms with van der Waals surface area (Å²) in [4.78, 5) is 9.50. The molecule has 1 atom stereocenters. The zero-order valence-corrected chi connectivity index (χ0v) is 12.2. The average molecular weight is 287 g/mol.